The number of hydrogen-bond donors (Lipinski definition) is 0. The average molecular weight is 417 g/mol. The van der Waals surface area contributed by atoms with E-state index in [2.05, 4.69) is 72.8 Å². The third-order valence-electron chi connectivity index (χ3n) is 6.09. The van der Waals surface area contributed by atoms with Crippen LogP contribution in [0.4, 0.5) is 0 Å². The van der Waals surface area contributed by atoms with Crippen molar-refractivity contribution in [1.82, 2.24) is 0 Å². The number of carbonyl (C=O) groups is 1. The molecule has 2 rings (SSSR count). The van der Waals surface area contributed by atoms with Gasteiger partial charge in [0.2, 0.25) is 0 Å². The fourth-order valence-corrected chi connectivity index (χ4v) is 4.63. The van der Waals surface area contributed by atoms with Gasteiger partial charge in [-0.1, -0.05) is 51.1 Å². The zero-order chi connectivity index (χ0) is 21.9. The minimum Gasteiger partial charge on any atom is -0.409 e. The lowest BCUT2D eigenvalue weighted by Crippen LogP contribution is -2.44. The second-order valence-corrected chi connectivity index (χ2v) is 15.5. The van der Waals surface area contributed by atoms with E-state index in [1.54, 1.807) is 6.08 Å². The number of aryl methyl sites for hydroxylation is 1. The molecule has 0 spiro atoms. The van der Waals surface area contributed by atoms with Crippen molar-refractivity contribution in [1.29, 1.82) is 0 Å². The molecule has 0 heterocycles. The summed E-state index contributed by atoms with van der Waals surface area (Å²) in [5.41, 5.74) is 2.30. The number of allylic oxidation sites excluding steroid dienone is 1. The Kier molecular flexibility index (Phi) is 7.69. The average Bonchev–Trinajstić information content (AvgIpc) is 2.92. The van der Waals surface area contributed by atoms with E-state index in [9.17, 15) is 4.79 Å². The molecule has 0 N–H and O–H groups in total. The van der Waals surface area contributed by atoms with Crippen LogP contribution in [0.15, 0.2) is 36.4 Å². The zero-order valence-corrected chi connectivity index (χ0v) is 20.7. The van der Waals surface area contributed by atoms with Crippen LogP contribution >= 0.6 is 0 Å². The molecule has 1 aromatic rings. The Morgan fingerprint density at radius 2 is 1.66 bits per heavy atom. The largest absolute Gasteiger partial charge is 0.409 e. The van der Waals surface area contributed by atoms with Crippen molar-refractivity contribution in [2.24, 2.45) is 0 Å². The Morgan fingerprint density at radius 1 is 1.00 bits per heavy atom. The van der Waals surface area contributed by atoms with Crippen LogP contribution in [0, 0.1) is 0 Å². The van der Waals surface area contributed by atoms with E-state index in [0.29, 0.717) is 0 Å². The maximum Gasteiger partial charge on any atom is 0.192 e. The molecule has 0 bridgehead atoms. The Labute approximate surface area is 179 Å². The van der Waals surface area contributed by atoms with Crippen LogP contribution in [0.25, 0.3) is 0 Å². The van der Waals surface area contributed by atoms with Crippen LogP contribution in [-0.4, -0.2) is 32.4 Å². The van der Waals surface area contributed by atoms with E-state index >= 15 is 0 Å². The first-order valence-corrected chi connectivity index (χ1v) is 13.8. The Morgan fingerprint density at radius 3 is 2.28 bits per heavy atom. The molecule has 3 nitrogen and oxygen atoms in total. The summed E-state index contributed by atoms with van der Waals surface area (Å²) in [6, 6.07) is 8.38. The predicted octanol–water partition coefficient (Wildman–Crippen LogP) is 6.44. The number of ketones is 1. The second-order valence-electron chi connectivity index (χ2n) is 10.7. The highest BCUT2D eigenvalue weighted by atomic mass is 28.4. The summed E-state index contributed by atoms with van der Waals surface area (Å²) in [7, 11) is -1.97. The van der Waals surface area contributed by atoms with Crippen molar-refractivity contribution in [2.75, 3.05) is 6.61 Å². The van der Waals surface area contributed by atoms with Gasteiger partial charge in [-0.3, -0.25) is 4.79 Å². The molecule has 0 radical (unpaired) electrons. The van der Waals surface area contributed by atoms with Gasteiger partial charge in [-0.25, -0.2) is 0 Å². The SMILES string of the molecule is CC(C)(C)OCCCCc1ccccc1[C@@H]1C(=O)C=C[C@H]1O[Si](C)(C)C(C)(C)C. The normalized spacial score (nSPS) is 20.5. The first kappa shape index (κ1) is 24.0. The molecule has 0 aromatic heterocycles. The molecule has 0 amide bonds. The molecule has 2 atom stereocenters. The topological polar surface area (TPSA) is 35.5 Å². The lowest BCUT2D eigenvalue weighted by atomic mass is 9.88. The molecule has 1 aliphatic carbocycles. The third-order valence-corrected chi connectivity index (χ3v) is 10.6. The minimum absolute atomic E-state index is 0.0891. The number of carbonyl (C=O) groups excluding carboxylic acids is 1. The zero-order valence-electron chi connectivity index (χ0n) is 19.7. The summed E-state index contributed by atoms with van der Waals surface area (Å²) < 4.78 is 12.5. The van der Waals surface area contributed by atoms with Crippen molar-refractivity contribution >= 4 is 14.1 Å². The van der Waals surface area contributed by atoms with Crippen molar-refractivity contribution in [3.8, 4) is 0 Å². The number of hydrogen-bond acceptors (Lipinski definition) is 3. The molecule has 1 aromatic carbocycles. The number of benzene rings is 1. The highest BCUT2D eigenvalue weighted by Gasteiger charge is 2.43. The third kappa shape index (κ3) is 6.63. The summed E-state index contributed by atoms with van der Waals surface area (Å²) in [6.45, 7) is 18.2. The van der Waals surface area contributed by atoms with Crippen LogP contribution in [0.5, 0.6) is 0 Å². The first-order valence-electron chi connectivity index (χ1n) is 10.9. The van der Waals surface area contributed by atoms with Crippen LogP contribution < -0.4 is 0 Å². The highest BCUT2D eigenvalue weighted by molar-refractivity contribution is 6.74. The molecule has 0 saturated heterocycles. The monoisotopic (exact) mass is 416 g/mol. The van der Waals surface area contributed by atoms with E-state index in [-0.39, 0.29) is 28.4 Å². The van der Waals surface area contributed by atoms with Gasteiger partial charge in [-0.2, -0.15) is 0 Å². The summed E-state index contributed by atoms with van der Waals surface area (Å²) in [5.74, 6) is -0.0524. The van der Waals surface area contributed by atoms with Crippen molar-refractivity contribution in [2.45, 2.75) is 96.6 Å². The molecule has 0 fully saturated rings. The molecule has 0 unspecified atom stereocenters. The molecule has 0 saturated carbocycles. The van der Waals surface area contributed by atoms with E-state index in [4.69, 9.17) is 9.16 Å². The quantitative estimate of drug-likeness (QED) is 0.361. The van der Waals surface area contributed by atoms with Gasteiger partial charge in [0, 0.05) is 6.61 Å². The second kappa shape index (κ2) is 9.28. The van der Waals surface area contributed by atoms with Gasteiger partial charge in [0.1, 0.15) is 0 Å². The van der Waals surface area contributed by atoms with Gasteiger partial charge in [0.25, 0.3) is 0 Å². The molecule has 162 valence electrons. The van der Waals surface area contributed by atoms with Gasteiger partial charge in [0.15, 0.2) is 14.1 Å². The fraction of sp³-hybridized carbons (Fsp3) is 0.640. The van der Waals surface area contributed by atoms with E-state index in [1.807, 2.05) is 12.1 Å². The predicted molar refractivity (Wildman–Crippen MR) is 124 cm³/mol. The molecular formula is C25H40O3Si. The molecule has 4 heteroatoms. The lowest BCUT2D eigenvalue weighted by molar-refractivity contribution is -0.116. The summed E-state index contributed by atoms with van der Waals surface area (Å²) in [5, 5.41) is 0.115. The van der Waals surface area contributed by atoms with Gasteiger partial charge in [0.05, 0.1) is 17.6 Å². The summed E-state index contributed by atoms with van der Waals surface area (Å²) >= 11 is 0. The van der Waals surface area contributed by atoms with Crippen molar-refractivity contribution < 1.29 is 14.0 Å². The summed E-state index contributed by atoms with van der Waals surface area (Å²) in [6.07, 6.45) is 6.56. The number of ether oxygens (including phenoxy) is 1. The van der Waals surface area contributed by atoms with E-state index in [1.165, 1.54) is 5.56 Å². The van der Waals surface area contributed by atoms with Crippen molar-refractivity contribution in [3.05, 3.63) is 47.5 Å². The lowest BCUT2D eigenvalue weighted by Gasteiger charge is -2.39. The Hall–Kier alpha value is -1.23. The standard InChI is InChI=1S/C25H40O3Si/c1-24(2,3)27-18-12-11-14-19-13-9-10-15-20(19)23-21(26)16-17-22(23)28-29(7,8)25(4,5)6/h9-10,13,15-17,22-23H,11-12,14,18H2,1-8H3/t22-,23-/m1/s1. The van der Waals surface area contributed by atoms with Crippen LogP contribution in [0.1, 0.15) is 71.4 Å². The number of rotatable bonds is 8. The Bertz CT molecular complexity index is 722. The molecule has 1 aliphatic rings. The minimum atomic E-state index is -1.97. The maximum atomic E-state index is 12.8. The van der Waals surface area contributed by atoms with Crippen LogP contribution in [0.3, 0.4) is 0 Å². The van der Waals surface area contributed by atoms with Crippen LogP contribution in [-0.2, 0) is 20.4 Å². The van der Waals surface area contributed by atoms with E-state index in [0.717, 1.165) is 31.4 Å². The van der Waals surface area contributed by atoms with Gasteiger partial charge in [-0.05, 0) is 75.4 Å². The molecular weight excluding hydrogens is 376 g/mol. The molecule has 29 heavy (non-hydrogen) atoms. The van der Waals surface area contributed by atoms with Gasteiger partial charge >= 0.3 is 0 Å². The highest BCUT2D eigenvalue weighted by Crippen LogP contribution is 2.41. The molecule has 0 aliphatic heterocycles. The Balaban J connectivity index is 2.11. The fourth-order valence-electron chi connectivity index (χ4n) is 3.38. The number of unbranched alkanes of at least 4 members (excludes halogenated alkanes) is 1. The van der Waals surface area contributed by atoms with Crippen molar-refractivity contribution in [3.63, 3.8) is 0 Å². The van der Waals surface area contributed by atoms with E-state index < -0.39 is 8.32 Å². The van der Waals surface area contributed by atoms with Gasteiger partial charge < -0.3 is 9.16 Å². The van der Waals surface area contributed by atoms with Crippen LogP contribution in [0.2, 0.25) is 18.1 Å². The smallest absolute Gasteiger partial charge is 0.192 e. The summed E-state index contributed by atoms with van der Waals surface area (Å²) in [4.78, 5) is 12.8. The van der Waals surface area contributed by atoms with Gasteiger partial charge in [-0.15, -0.1) is 0 Å². The maximum absolute atomic E-state index is 12.8. The first-order chi connectivity index (χ1) is 13.3.